The summed E-state index contributed by atoms with van der Waals surface area (Å²) in [6.45, 7) is 5.23. The summed E-state index contributed by atoms with van der Waals surface area (Å²) in [5.74, 6) is 0.735. The van der Waals surface area contributed by atoms with Gasteiger partial charge in [-0.1, -0.05) is 37.1 Å². The fourth-order valence-electron chi connectivity index (χ4n) is 1.96. The van der Waals surface area contributed by atoms with Crippen LogP contribution >= 0.6 is 11.6 Å². The summed E-state index contributed by atoms with van der Waals surface area (Å²) < 4.78 is 5.09. The van der Waals surface area contributed by atoms with E-state index in [1.54, 1.807) is 7.11 Å². The predicted octanol–water partition coefficient (Wildman–Crippen LogP) is 4.64. The van der Waals surface area contributed by atoms with E-state index < -0.39 is 0 Å². The van der Waals surface area contributed by atoms with Crippen molar-refractivity contribution in [2.24, 2.45) is 5.92 Å². The first-order valence-electron chi connectivity index (χ1n) is 6.37. The molecule has 1 unspecified atom stereocenters. The Labute approximate surface area is 110 Å². The first-order chi connectivity index (χ1) is 8.13. The molecule has 0 saturated carbocycles. The van der Waals surface area contributed by atoms with Gasteiger partial charge in [0, 0.05) is 18.7 Å². The summed E-state index contributed by atoms with van der Waals surface area (Å²) in [6.07, 6.45) is 4.68. The molecule has 17 heavy (non-hydrogen) atoms. The molecule has 0 bridgehead atoms. The number of hydrogen-bond donors (Lipinski definition) is 0. The fraction of sp³-hybridized carbons (Fsp3) is 0.600. The number of rotatable bonds is 7. The van der Waals surface area contributed by atoms with Gasteiger partial charge in [0.15, 0.2) is 0 Å². The third-order valence-corrected chi connectivity index (χ3v) is 3.52. The van der Waals surface area contributed by atoms with E-state index in [0.29, 0.717) is 0 Å². The highest BCUT2D eigenvalue weighted by atomic mass is 35.5. The average Bonchev–Trinajstić information content (AvgIpc) is 2.29. The molecule has 0 N–H and O–H groups in total. The van der Waals surface area contributed by atoms with E-state index in [0.717, 1.165) is 30.4 Å². The quantitative estimate of drug-likeness (QED) is 0.689. The molecular formula is C15H23ClO. The molecule has 1 aromatic rings. The Morgan fingerprint density at radius 1 is 1.29 bits per heavy atom. The maximum Gasteiger partial charge on any atom is 0.0464 e. The molecule has 0 fully saturated rings. The van der Waals surface area contributed by atoms with Crippen LogP contribution in [0.15, 0.2) is 18.2 Å². The zero-order valence-electron chi connectivity index (χ0n) is 11.1. The molecule has 1 aromatic carbocycles. The summed E-state index contributed by atoms with van der Waals surface area (Å²) in [6, 6.07) is 6.33. The van der Waals surface area contributed by atoms with Crippen LogP contribution in [0.3, 0.4) is 0 Å². The van der Waals surface area contributed by atoms with E-state index in [2.05, 4.69) is 26.0 Å². The molecule has 0 aromatic heterocycles. The van der Waals surface area contributed by atoms with Gasteiger partial charge in [-0.3, -0.25) is 0 Å². The Morgan fingerprint density at radius 3 is 2.71 bits per heavy atom. The van der Waals surface area contributed by atoms with E-state index in [1.807, 2.05) is 6.07 Å². The van der Waals surface area contributed by atoms with Crippen molar-refractivity contribution in [3.05, 3.63) is 34.3 Å². The zero-order valence-corrected chi connectivity index (χ0v) is 11.9. The SMILES string of the molecule is COCCC(C)CCCc1ccc(C)cc1Cl. The van der Waals surface area contributed by atoms with Crippen molar-refractivity contribution in [1.29, 1.82) is 0 Å². The van der Waals surface area contributed by atoms with Crippen LogP contribution in [0.2, 0.25) is 5.02 Å². The second-order valence-corrected chi connectivity index (χ2v) is 5.28. The van der Waals surface area contributed by atoms with Gasteiger partial charge in [-0.25, -0.2) is 0 Å². The van der Waals surface area contributed by atoms with Crippen LogP contribution in [0.25, 0.3) is 0 Å². The number of halogens is 1. The monoisotopic (exact) mass is 254 g/mol. The Kier molecular flexibility index (Phi) is 6.61. The van der Waals surface area contributed by atoms with E-state index in [4.69, 9.17) is 16.3 Å². The lowest BCUT2D eigenvalue weighted by Gasteiger charge is -2.11. The van der Waals surface area contributed by atoms with Crippen molar-refractivity contribution in [2.45, 2.75) is 39.5 Å². The Morgan fingerprint density at radius 2 is 2.06 bits per heavy atom. The van der Waals surface area contributed by atoms with Crippen molar-refractivity contribution in [2.75, 3.05) is 13.7 Å². The van der Waals surface area contributed by atoms with Crippen LogP contribution in [0, 0.1) is 12.8 Å². The summed E-state index contributed by atoms with van der Waals surface area (Å²) in [5, 5.41) is 0.912. The molecule has 1 rings (SSSR count). The molecule has 0 saturated heterocycles. The van der Waals surface area contributed by atoms with Gasteiger partial charge in [0.2, 0.25) is 0 Å². The number of aryl methyl sites for hydroxylation is 2. The minimum atomic E-state index is 0.735. The van der Waals surface area contributed by atoms with Crippen LogP contribution < -0.4 is 0 Å². The van der Waals surface area contributed by atoms with Crippen molar-refractivity contribution >= 4 is 11.6 Å². The van der Waals surface area contributed by atoms with Crippen molar-refractivity contribution in [1.82, 2.24) is 0 Å². The van der Waals surface area contributed by atoms with E-state index in [9.17, 15) is 0 Å². The highest BCUT2D eigenvalue weighted by Crippen LogP contribution is 2.21. The lowest BCUT2D eigenvalue weighted by molar-refractivity contribution is 0.178. The molecule has 96 valence electrons. The van der Waals surface area contributed by atoms with Gasteiger partial charge in [0.1, 0.15) is 0 Å². The van der Waals surface area contributed by atoms with Crippen LogP contribution in [0.4, 0.5) is 0 Å². The number of benzene rings is 1. The molecule has 1 atom stereocenters. The van der Waals surface area contributed by atoms with E-state index >= 15 is 0 Å². The first-order valence-corrected chi connectivity index (χ1v) is 6.75. The van der Waals surface area contributed by atoms with Gasteiger partial charge >= 0.3 is 0 Å². The van der Waals surface area contributed by atoms with Gasteiger partial charge in [-0.05, 0) is 49.3 Å². The molecule has 1 nitrogen and oxygen atoms in total. The largest absolute Gasteiger partial charge is 0.385 e. The van der Waals surface area contributed by atoms with E-state index in [1.165, 1.54) is 24.0 Å². The molecule has 0 aliphatic heterocycles. The molecule has 0 amide bonds. The molecular weight excluding hydrogens is 232 g/mol. The second kappa shape index (κ2) is 7.73. The topological polar surface area (TPSA) is 9.23 Å². The Hall–Kier alpha value is -0.530. The number of methoxy groups -OCH3 is 1. The lowest BCUT2D eigenvalue weighted by Crippen LogP contribution is -2.01. The highest BCUT2D eigenvalue weighted by molar-refractivity contribution is 6.31. The minimum absolute atomic E-state index is 0.735. The zero-order chi connectivity index (χ0) is 12.7. The van der Waals surface area contributed by atoms with Crippen LogP contribution in [0.1, 0.15) is 37.3 Å². The standard InChI is InChI=1S/C15H23ClO/c1-12(9-10-17-3)5-4-6-14-8-7-13(2)11-15(14)16/h7-8,11-12H,4-6,9-10H2,1-3H3. The fourth-order valence-corrected chi connectivity index (χ4v) is 2.29. The van der Waals surface area contributed by atoms with E-state index in [-0.39, 0.29) is 0 Å². The molecule has 2 heteroatoms. The first kappa shape index (κ1) is 14.5. The van der Waals surface area contributed by atoms with Crippen molar-refractivity contribution in [3.63, 3.8) is 0 Å². The lowest BCUT2D eigenvalue weighted by atomic mass is 9.98. The molecule has 0 aliphatic rings. The predicted molar refractivity (Wildman–Crippen MR) is 74.8 cm³/mol. The van der Waals surface area contributed by atoms with Gasteiger partial charge < -0.3 is 4.74 Å². The molecule has 0 aliphatic carbocycles. The summed E-state index contributed by atoms with van der Waals surface area (Å²) >= 11 is 6.21. The number of hydrogen-bond acceptors (Lipinski definition) is 1. The maximum atomic E-state index is 6.21. The van der Waals surface area contributed by atoms with Gasteiger partial charge in [-0.15, -0.1) is 0 Å². The molecule has 0 spiro atoms. The summed E-state index contributed by atoms with van der Waals surface area (Å²) in [4.78, 5) is 0. The summed E-state index contributed by atoms with van der Waals surface area (Å²) in [5.41, 5.74) is 2.50. The van der Waals surface area contributed by atoms with Gasteiger partial charge in [0.05, 0.1) is 0 Å². The normalized spacial score (nSPS) is 12.7. The van der Waals surface area contributed by atoms with Crippen molar-refractivity contribution in [3.8, 4) is 0 Å². The maximum absolute atomic E-state index is 6.21. The van der Waals surface area contributed by atoms with Crippen molar-refractivity contribution < 1.29 is 4.74 Å². The third kappa shape index (κ3) is 5.56. The third-order valence-electron chi connectivity index (χ3n) is 3.17. The second-order valence-electron chi connectivity index (χ2n) is 4.87. The minimum Gasteiger partial charge on any atom is -0.385 e. The summed E-state index contributed by atoms with van der Waals surface area (Å²) in [7, 11) is 1.76. The van der Waals surface area contributed by atoms with Gasteiger partial charge in [-0.2, -0.15) is 0 Å². The average molecular weight is 255 g/mol. The highest BCUT2D eigenvalue weighted by Gasteiger charge is 2.04. The number of ether oxygens (including phenoxy) is 1. The smallest absolute Gasteiger partial charge is 0.0464 e. The molecule has 0 heterocycles. The Bertz CT molecular complexity index is 336. The Balaban J connectivity index is 2.30. The molecule has 0 radical (unpaired) electrons. The van der Waals surface area contributed by atoms with Crippen LogP contribution in [0.5, 0.6) is 0 Å². The van der Waals surface area contributed by atoms with Gasteiger partial charge in [0.25, 0.3) is 0 Å². The van der Waals surface area contributed by atoms with Crippen LogP contribution in [-0.2, 0) is 11.2 Å². The van der Waals surface area contributed by atoms with Crippen LogP contribution in [-0.4, -0.2) is 13.7 Å².